The van der Waals surface area contributed by atoms with E-state index in [1.54, 1.807) is 20.3 Å². The molecule has 1 aromatic carbocycles. The van der Waals surface area contributed by atoms with Crippen LogP contribution in [0, 0.1) is 0 Å². The molecule has 0 radical (unpaired) electrons. The van der Waals surface area contributed by atoms with E-state index in [1.165, 1.54) is 23.9 Å². The predicted octanol–water partition coefficient (Wildman–Crippen LogP) is 1.77. The smallest absolute Gasteiger partial charge is 0.273 e. The maximum atomic E-state index is 12.9. The summed E-state index contributed by atoms with van der Waals surface area (Å²) in [6.45, 7) is 3.74. The Morgan fingerprint density at radius 2 is 1.86 bits per heavy atom. The van der Waals surface area contributed by atoms with Crippen molar-refractivity contribution in [2.24, 2.45) is 0 Å². The number of hydrogen-bond donors (Lipinski definition) is 0. The van der Waals surface area contributed by atoms with Crippen molar-refractivity contribution in [1.82, 2.24) is 24.7 Å². The Bertz CT molecular complexity index is 881. The molecule has 2 saturated heterocycles. The molecule has 2 amide bonds. The van der Waals surface area contributed by atoms with Gasteiger partial charge in [0.15, 0.2) is 0 Å². The van der Waals surface area contributed by atoms with Crippen molar-refractivity contribution in [3.05, 3.63) is 47.9 Å². The second-order valence-electron chi connectivity index (χ2n) is 7.65. The second kappa shape index (κ2) is 7.67. The largest absolute Gasteiger partial charge is 0.343 e. The zero-order chi connectivity index (χ0) is 19.7. The highest BCUT2D eigenvalue weighted by Gasteiger charge is 2.32. The van der Waals surface area contributed by atoms with Gasteiger partial charge in [0.1, 0.15) is 5.69 Å². The Labute approximate surface area is 165 Å². The molecule has 7 heteroatoms. The molecule has 2 aliphatic heterocycles. The lowest BCUT2D eigenvalue weighted by Crippen LogP contribution is -2.52. The van der Waals surface area contributed by atoms with Crippen molar-refractivity contribution in [2.75, 3.05) is 40.3 Å². The number of aromatic nitrogens is 2. The molecular formula is C21H25N5O2. The van der Waals surface area contributed by atoms with Crippen LogP contribution in [0.4, 0.5) is 0 Å². The molecule has 0 saturated carbocycles. The molecule has 3 heterocycles. The molecular weight excluding hydrogens is 354 g/mol. The molecule has 2 fully saturated rings. The third-order valence-electron chi connectivity index (χ3n) is 5.56. The van der Waals surface area contributed by atoms with Gasteiger partial charge < -0.3 is 9.80 Å². The summed E-state index contributed by atoms with van der Waals surface area (Å²) in [6.07, 6.45) is 5.51. The minimum atomic E-state index is -0.188. The van der Waals surface area contributed by atoms with Crippen LogP contribution in [-0.2, 0) is 0 Å². The van der Waals surface area contributed by atoms with Crippen molar-refractivity contribution in [2.45, 2.75) is 18.9 Å². The van der Waals surface area contributed by atoms with Gasteiger partial charge in [-0.2, -0.15) is 0 Å². The van der Waals surface area contributed by atoms with E-state index in [2.05, 4.69) is 14.9 Å². The average molecular weight is 379 g/mol. The van der Waals surface area contributed by atoms with E-state index < -0.39 is 0 Å². The first kappa shape index (κ1) is 18.6. The van der Waals surface area contributed by atoms with E-state index in [1.807, 2.05) is 29.2 Å². The molecule has 0 aliphatic carbocycles. The summed E-state index contributed by atoms with van der Waals surface area (Å²) < 4.78 is 0. The third kappa shape index (κ3) is 3.62. The molecule has 1 aromatic heterocycles. The molecule has 0 spiro atoms. The van der Waals surface area contributed by atoms with Gasteiger partial charge in [-0.1, -0.05) is 12.1 Å². The van der Waals surface area contributed by atoms with Crippen molar-refractivity contribution in [1.29, 1.82) is 0 Å². The number of piperazine rings is 1. The van der Waals surface area contributed by atoms with E-state index in [4.69, 9.17) is 0 Å². The zero-order valence-corrected chi connectivity index (χ0v) is 16.3. The minimum absolute atomic E-state index is 0.0840. The van der Waals surface area contributed by atoms with Crippen LogP contribution in [0.25, 0.3) is 11.3 Å². The van der Waals surface area contributed by atoms with Gasteiger partial charge in [0.2, 0.25) is 0 Å². The van der Waals surface area contributed by atoms with Crippen molar-refractivity contribution >= 4 is 11.8 Å². The van der Waals surface area contributed by atoms with Gasteiger partial charge in [0, 0.05) is 50.9 Å². The van der Waals surface area contributed by atoms with Gasteiger partial charge in [-0.15, -0.1) is 0 Å². The Kier molecular flexibility index (Phi) is 5.09. The Balaban J connectivity index is 1.49. The molecule has 4 rings (SSSR count). The summed E-state index contributed by atoms with van der Waals surface area (Å²) in [4.78, 5) is 39.5. The fraction of sp³-hybridized carbons (Fsp3) is 0.429. The number of hydrogen-bond acceptors (Lipinski definition) is 5. The van der Waals surface area contributed by atoms with Crippen molar-refractivity contribution < 1.29 is 9.59 Å². The highest BCUT2D eigenvalue weighted by molar-refractivity contribution is 5.95. The van der Waals surface area contributed by atoms with E-state index >= 15 is 0 Å². The van der Waals surface area contributed by atoms with Gasteiger partial charge in [0.25, 0.3) is 11.8 Å². The Hall–Kier alpha value is -2.80. The van der Waals surface area contributed by atoms with E-state index in [-0.39, 0.29) is 11.8 Å². The molecule has 7 nitrogen and oxygen atoms in total. The van der Waals surface area contributed by atoms with Crippen LogP contribution in [0.2, 0.25) is 0 Å². The molecule has 0 N–H and O–H groups in total. The van der Waals surface area contributed by atoms with E-state index in [0.717, 1.165) is 31.7 Å². The molecule has 0 bridgehead atoms. The molecule has 2 aromatic rings. The van der Waals surface area contributed by atoms with Crippen LogP contribution in [-0.4, -0.2) is 82.8 Å². The normalized spacial score (nSPS) is 19.4. The molecule has 2 aliphatic rings. The summed E-state index contributed by atoms with van der Waals surface area (Å²) in [5.41, 5.74) is 2.44. The number of amides is 2. The van der Waals surface area contributed by atoms with Gasteiger partial charge in [-0.3, -0.25) is 19.5 Å². The number of carbonyl (C=O) groups is 2. The number of benzene rings is 1. The first-order valence-electron chi connectivity index (χ1n) is 9.70. The van der Waals surface area contributed by atoms with Gasteiger partial charge in [-0.05, 0) is 31.5 Å². The van der Waals surface area contributed by atoms with Crippen molar-refractivity contribution in [3.63, 3.8) is 0 Å². The van der Waals surface area contributed by atoms with Crippen LogP contribution >= 0.6 is 0 Å². The average Bonchev–Trinajstić information content (AvgIpc) is 3.20. The highest BCUT2D eigenvalue weighted by atomic mass is 16.2. The standard InChI is InChI=1S/C21H25N5O2/c1-24(2)21(28)19-13-22-12-18(23-19)15-5-7-16(8-6-15)20(27)26-11-10-25-9-3-4-17(25)14-26/h5-8,12-13,17H,3-4,9-11,14H2,1-2H3/t17-/m1/s1. The van der Waals surface area contributed by atoms with Gasteiger partial charge in [-0.25, -0.2) is 4.98 Å². The van der Waals surface area contributed by atoms with Crippen LogP contribution in [0.15, 0.2) is 36.7 Å². The fourth-order valence-corrected chi connectivity index (χ4v) is 3.98. The lowest BCUT2D eigenvalue weighted by Gasteiger charge is -2.37. The highest BCUT2D eigenvalue weighted by Crippen LogP contribution is 2.23. The topological polar surface area (TPSA) is 69.6 Å². The first-order valence-corrected chi connectivity index (χ1v) is 9.70. The molecule has 28 heavy (non-hydrogen) atoms. The summed E-state index contributed by atoms with van der Waals surface area (Å²) in [6, 6.07) is 7.92. The minimum Gasteiger partial charge on any atom is -0.343 e. The van der Waals surface area contributed by atoms with E-state index in [9.17, 15) is 9.59 Å². The Morgan fingerprint density at radius 3 is 2.61 bits per heavy atom. The summed E-state index contributed by atoms with van der Waals surface area (Å²) in [5, 5.41) is 0. The van der Waals surface area contributed by atoms with Crippen LogP contribution in [0.5, 0.6) is 0 Å². The monoisotopic (exact) mass is 379 g/mol. The predicted molar refractivity (Wildman–Crippen MR) is 106 cm³/mol. The maximum absolute atomic E-state index is 12.9. The third-order valence-corrected chi connectivity index (χ3v) is 5.56. The van der Waals surface area contributed by atoms with Crippen LogP contribution < -0.4 is 0 Å². The summed E-state index contributed by atoms with van der Waals surface area (Å²) in [7, 11) is 3.37. The number of rotatable bonds is 3. The zero-order valence-electron chi connectivity index (χ0n) is 16.3. The lowest BCUT2D eigenvalue weighted by atomic mass is 10.1. The van der Waals surface area contributed by atoms with E-state index in [0.29, 0.717) is 23.0 Å². The first-order chi connectivity index (χ1) is 13.5. The van der Waals surface area contributed by atoms with Gasteiger partial charge in [0.05, 0.1) is 18.1 Å². The second-order valence-corrected chi connectivity index (χ2v) is 7.65. The quantitative estimate of drug-likeness (QED) is 0.813. The van der Waals surface area contributed by atoms with Crippen molar-refractivity contribution in [3.8, 4) is 11.3 Å². The summed E-state index contributed by atoms with van der Waals surface area (Å²) >= 11 is 0. The maximum Gasteiger partial charge on any atom is 0.273 e. The number of carbonyl (C=O) groups excluding carboxylic acids is 2. The van der Waals surface area contributed by atoms with Crippen LogP contribution in [0.3, 0.4) is 0 Å². The molecule has 1 atom stereocenters. The number of fused-ring (bicyclic) bond motifs is 1. The molecule has 0 unspecified atom stereocenters. The molecule has 146 valence electrons. The fourth-order valence-electron chi connectivity index (χ4n) is 3.98. The Morgan fingerprint density at radius 1 is 1.07 bits per heavy atom. The lowest BCUT2D eigenvalue weighted by molar-refractivity contribution is 0.0571. The summed E-state index contributed by atoms with van der Waals surface area (Å²) in [5.74, 6) is -0.104. The van der Waals surface area contributed by atoms with Crippen LogP contribution in [0.1, 0.15) is 33.7 Å². The SMILES string of the molecule is CN(C)C(=O)c1cncc(-c2ccc(C(=O)N3CCN4CCC[C@@H]4C3)cc2)n1. The van der Waals surface area contributed by atoms with Gasteiger partial charge >= 0.3 is 0 Å². The number of nitrogens with zero attached hydrogens (tertiary/aromatic N) is 5.